The molecule has 0 bridgehead atoms. The molecule has 10 rings (SSSR count). The van der Waals surface area contributed by atoms with E-state index in [0.29, 0.717) is 5.37 Å². The Kier molecular flexibility index (Phi) is 6.96. The van der Waals surface area contributed by atoms with Crippen molar-refractivity contribution in [2.45, 2.75) is 29.5 Å². The summed E-state index contributed by atoms with van der Waals surface area (Å²) < 4.78 is 0. The van der Waals surface area contributed by atoms with Crippen molar-refractivity contribution in [1.82, 2.24) is 0 Å². The van der Waals surface area contributed by atoms with Crippen molar-refractivity contribution in [3.05, 3.63) is 187 Å². The summed E-state index contributed by atoms with van der Waals surface area (Å²) in [6, 6.07) is 62.8. The first kappa shape index (κ1) is 30.2. The maximum Gasteiger partial charge on any atom is 0.272 e. The van der Waals surface area contributed by atoms with Crippen LogP contribution in [0.2, 0.25) is 0 Å². The summed E-state index contributed by atoms with van der Waals surface area (Å²) in [6.45, 7) is 4.72. The van der Waals surface area contributed by atoms with Gasteiger partial charge in [-0.05, 0) is 104 Å². The Morgan fingerprint density at radius 3 is 1.98 bits per heavy atom. The van der Waals surface area contributed by atoms with Crippen LogP contribution in [0.25, 0.3) is 43.8 Å². The van der Waals surface area contributed by atoms with Gasteiger partial charge in [0.05, 0.1) is 22.7 Å². The third-order valence-corrected chi connectivity index (χ3v) is 12.5. The van der Waals surface area contributed by atoms with Gasteiger partial charge in [0.2, 0.25) is 4.90 Å². The highest BCUT2D eigenvalue weighted by Gasteiger charge is 2.38. The molecule has 0 radical (unpaired) electrons. The molecule has 244 valence electrons. The fourth-order valence-corrected chi connectivity index (χ4v) is 9.79. The molecule has 8 aromatic carbocycles. The van der Waals surface area contributed by atoms with Crippen molar-refractivity contribution in [2.75, 3.05) is 4.90 Å². The molecule has 0 saturated carbocycles. The highest BCUT2D eigenvalue weighted by atomic mass is 32.2. The molecule has 1 atom stereocenters. The van der Waals surface area contributed by atoms with E-state index in [9.17, 15) is 0 Å². The van der Waals surface area contributed by atoms with Crippen LogP contribution < -0.4 is 10.2 Å². The Bertz CT molecular complexity index is 2610. The lowest BCUT2D eigenvalue weighted by molar-refractivity contribution is -0.588. The Morgan fingerprint density at radius 2 is 1.16 bits per heavy atom. The highest BCUT2D eigenvalue weighted by Crippen LogP contribution is 2.51. The van der Waals surface area contributed by atoms with Crippen LogP contribution in [0.1, 0.15) is 35.9 Å². The molecular formula is C48H38N2S+2. The lowest BCUT2D eigenvalue weighted by atomic mass is 9.82. The zero-order valence-corrected chi connectivity index (χ0v) is 29.6. The van der Waals surface area contributed by atoms with Crippen LogP contribution in [0.3, 0.4) is 0 Å². The molecule has 1 aliphatic carbocycles. The second kappa shape index (κ2) is 11.7. The van der Waals surface area contributed by atoms with Gasteiger partial charge >= 0.3 is 0 Å². The average Bonchev–Trinajstić information content (AvgIpc) is 3.72. The minimum absolute atomic E-state index is 0.0824. The molecule has 2 aliphatic rings. The largest absolute Gasteiger partial charge is 0.310 e. The number of rotatable bonds is 5. The Morgan fingerprint density at radius 1 is 0.529 bits per heavy atom. The first-order valence-corrected chi connectivity index (χ1v) is 18.8. The first-order chi connectivity index (χ1) is 25.0. The monoisotopic (exact) mass is 674 g/mol. The molecule has 3 heteroatoms. The number of anilines is 3. The molecule has 1 heterocycles. The maximum absolute atomic E-state index is 2.49. The lowest BCUT2D eigenvalue weighted by Gasteiger charge is -2.28. The Labute approximate surface area is 303 Å². The van der Waals surface area contributed by atoms with Crippen LogP contribution in [0.4, 0.5) is 22.7 Å². The predicted molar refractivity (Wildman–Crippen MR) is 217 cm³/mol. The third kappa shape index (κ3) is 4.92. The minimum atomic E-state index is -0.0824. The number of quaternary nitrogens is 1. The minimum Gasteiger partial charge on any atom is -0.310 e. The number of thiol groups is 1. The van der Waals surface area contributed by atoms with Gasteiger partial charge in [0, 0.05) is 28.5 Å². The summed E-state index contributed by atoms with van der Waals surface area (Å²) >= 11 is 1.35. The summed E-state index contributed by atoms with van der Waals surface area (Å²) in [4.78, 5) is 3.85. The predicted octanol–water partition coefficient (Wildman–Crippen LogP) is 11.5. The number of benzene rings is 8. The van der Waals surface area contributed by atoms with Crippen molar-refractivity contribution in [2.24, 2.45) is 0 Å². The molecule has 0 spiro atoms. The van der Waals surface area contributed by atoms with Crippen molar-refractivity contribution in [3.8, 4) is 22.3 Å². The number of hydrogen-bond donors (Lipinski definition) is 1. The van der Waals surface area contributed by atoms with Crippen LogP contribution in [-0.2, 0) is 17.2 Å². The number of fused-ring (bicyclic) bond motifs is 8. The fraction of sp³-hybridized carbons (Fsp3) is 0.0833. The molecule has 2 nitrogen and oxygen atoms in total. The molecule has 1 unspecified atom stereocenters. The van der Waals surface area contributed by atoms with Crippen LogP contribution in [0, 0.1) is 0 Å². The molecular weight excluding hydrogens is 637 g/mol. The molecule has 1 aliphatic heterocycles. The fourth-order valence-electron chi connectivity index (χ4n) is 8.46. The zero-order chi connectivity index (χ0) is 34.1. The number of nitrogens with zero attached hydrogens (tertiary/aromatic N) is 1. The maximum atomic E-state index is 2.49. The topological polar surface area (TPSA) is 19.9 Å². The number of nitrogens with two attached hydrogens (primary N) is 1. The van der Waals surface area contributed by atoms with E-state index in [1.807, 2.05) is 0 Å². The summed E-state index contributed by atoms with van der Waals surface area (Å²) in [5, 5.41) is 8.08. The molecule has 0 amide bonds. The van der Waals surface area contributed by atoms with Gasteiger partial charge in [-0.15, -0.1) is 0 Å². The van der Waals surface area contributed by atoms with Crippen molar-refractivity contribution in [3.63, 3.8) is 0 Å². The summed E-state index contributed by atoms with van der Waals surface area (Å²) in [5.41, 5.74) is 14.0. The molecule has 51 heavy (non-hydrogen) atoms. The van der Waals surface area contributed by atoms with Crippen molar-refractivity contribution in [1.29, 1.82) is 0 Å². The van der Waals surface area contributed by atoms with E-state index >= 15 is 0 Å². The second-order valence-corrected chi connectivity index (χ2v) is 15.7. The van der Waals surface area contributed by atoms with Gasteiger partial charge in [-0.2, -0.15) is 0 Å². The molecule has 0 aromatic heterocycles. The van der Waals surface area contributed by atoms with Crippen LogP contribution in [-0.4, -0.2) is 0 Å². The van der Waals surface area contributed by atoms with E-state index in [0.717, 1.165) is 11.4 Å². The Balaban J connectivity index is 1.11. The van der Waals surface area contributed by atoms with Gasteiger partial charge in [-0.1, -0.05) is 123 Å². The van der Waals surface area contributed by atoms with Gasteiger partial charge in [0.25, 0.3) is 5.37 Å². The average molecular weight is 675 g/mol. The Hall–Kier alpha value is -5.61. The van der Waals surface area contributed by atoms with Crippen LogP contribution in [0.15, 0.2) is 175 Å². The summed E-state index contributed by atoms with van der Waals surface area (Å²) in [5.74, 6) is 0. The highest BCUT2D eigenvalue weighted by molar-refractivity contribution is 7.79. The van der Waals surface area contributed by atoms with E-state index in [2.05, 4.69) is 194 Å². The first-order valence-electron chi connectivity index (χ1n) is 17.8. The number of hydrogen-bond acceptors (Lipinski definition) is 1. The molecule has 8 aromatic rings. The van der Waals surface area contributed by atoms with Crippen molar-refractivity contribution >= 4 is 56.1 Å². The van der Waals surface area contributed by atoms with E-state index in [4.69, 9.17) is 0 Å². The molecule has 0 fully saturated rings. The summed E-state index contributed by atoms with van der Waals surface area (Å²) in [7, 11) is 0. The van der Waals surface area contributed by atoms with Gasteiger partial charge in [-0.25, -0.2) is 0 Å². The van der Waals surface area contributed by atoms with E-state index in [-0.39, 0.29) is 5.41 Å². The standard InChI is InChI=1S/C48H36N2S/c1-48(2)42-16-10-9-15-40(42)41-27-25-38(30-43(41)48)50(36-22-19-32(20-23-36)31-11-5-3-6-12-31)37-24-26-39-35(29-37)18-17-33-21-28-44-46(45(33)39)49-47(51-44)34-13-7-4-8-14-34/h3-30,47,49H,1-2H3/p+2. The smallest absolute Gasteiger partial charge is 0.272 e. The summed E-state index contributed by atoms with van der Waals surface area (Å²) in [6.07, 6.45) is 0. The lowest BCUT2D eigenvalue weighted by Crippen LogP contribution is -2.77. The van der Waals surface area contributed by atoms with Crippen LogP contribution >= 0.6 is 0 Å². The van der Waals surface area contributed by atoms with Crippen LogP contribution in [0.5, 0.6) is 0 Å². The van der Waals surface area contributed by atoms with E-state index in [1.54, 1.807) is 0 Å². The van der Waals surface area contributed by atoms with Gasteiger partial charge in [0.15, 0.2) is 5.69 Å². The molecule has 2 N–H and O–H groups in total. The van der Waals surface area contributed by atoms with Crippen molar-refractivity contribution < 1.29 is 5.32 Å². The molecule has 0 saturated heterocycles. The van der Waals surface area contributed by atoms with Gasteiger partial charge in [-0.3, -0.25) is 5.32 Å². The van der Waals surface area contributed by atoms with Gasteiger partial charge < -0.3 is 4.90 Å². The quantitative estimate of drug-likeness (QED) is 0.0834. The van der Waals surface area contributed by atoms with Gasteiger partial charge in [0.1, 0.15) is 0 Å². The van der Waals surface area contributed by atoms with E-state index < -0.39 is 0 Å². The zero-order valence-electron chi connectivity index (χ0n) is 28.7. The van der Waals surface area contributed by atoms with E-state index in [1.165, 1.54) is 88.5 Å². The third-order valence-electron chi connectivity index (χ3n) is 11.1. The second-order valence-electron chi connectivity index (χ2n) is 14.4. The normalized spacial score (nSPS) is 15.5. The SMILES string of the molecule is CC1(C)c2ccccc2-c2ccc(N(c3ccc(-c4ccccc4)cc3)c3ccc4c(ccc5ccc6c(c54)[NH2+]C(c4ccccc4)[SH+]6)c3)cc21.